The zero-order chi connectivity index (χ0) is 23.8. The average Bonchev–Trinajstić information content (AvgIpc) is 2.80. The first kappa shape index (κ1) is 24.9. The normalized spacial score (nSPS) is 16.7. The van der Waals surface area contributed by atoms with E-state index in [1.54, 1.807) is 24.3 Å². The summed E-state index contributed by atoms with van der Waals surface area (Å²) >= 11 is 0. The van der Waals surface area contributed by atoms with Crippen molar-refractivity contribution in [2.24, 2.45) is 5.92 Å². The Bertz CT molecular complexity index is 927. The molecule has 2 atom stereocenters. The second-order valence-electron chi connectivity index (χ2n) is 8.89. The maximum atomic E-state index is 13.1. The Balaban J connectivity index is 1.44. The summed E-state index contributed by atoms with van der Waals surface area (Å²) < 4.78 is 13.1. The molecule has 33 heavy (non-hydrogen) atoms. The Hall–Kier alpha value is -2.77. The lowest BCUT2D eigenvalue weighted by Gasteiger charge is -2.35. The molecule has 0 saturated carbocycles. The van der Waals surface area contributed by atoms with Crippen LogP contribution in [0.25, 0.3) is 0 Å². The van der Waals surface area contributed by atoms with Gasteiger partial charge in [-0.15, -0.1) is 0 Å². The van der Waals surface area contributed by atoms with E-state index in [-0.39, 0.29) is 17.6 Å². The first-order chi connectivity index (χ1) is 15.8. The first-order valence-corrected chi connectivity index (χ1v) is 11.7. The Kier molecular flexibility index (Phi) is 8.97. The van der Waals surface area contributed by atoms with Crippen molar-refractivity contribution >= 4 is 17.5 Å². The van der Waals surface area contributed by atoms with Crippen molar-refractivity contribution in [2.75, 3.05) is 25.0 Å². The minimum atomic E-state index is -0.682. The van der Waals surface area contributed by atoms with Gasteiger partial charge in [0.1, 0.15) is 5.82 Å². The number of β-amino-alcohol motifs (C(OH)–C–C–N with tert-alkyl or cyclic N) is 1. The summed E-state index contributed by atoms with van der Waals surface area (Å²) in [6.07, 6.45) is 2.92. The van der Waals surface area contributed by atoms with Crippen LogP contribution in [-0.2, 0) is 6.42 Å². The minimum absolute atomic E-state index is 0.0673. The molecule has 0 aromatic heterocycles. The van der Waals surface area contributed by atoms with Crippen LogP contribution in [0, 0.1) is 11.7 Å². The number of halogens is 1. The summed E-state index contributed by atoms with van der Waals surface area (Å²) in [5.74, 6) is 0.280. The highest BCUT2D eigenvalue weighted by Crippen LogP contribution is 2.22. The summed E-state index contributed by atoms with van der Waals surface area (Å²) in [5.41, 5.74) is 2.22. The molecule has 2 aromatic rings. The highest BCUT2D eigenvalue weighted by atomic mass is 19.1. The lowest BCUT2D eigenvalue weighted by molar-refractivity contribution is 0.0649. The van der Waals surface area contributed by atoms with Crippen molar-refractivity contribution < 1.29 is 19.1 Å². The maximum Gasteiger partial charge on any atom is 0.319 e. The SMILES string of the molecule is CCC(NC(=O)Nc1cccc(C(C)=O)c1)C(O)CN1CCC(Cc2ccc(F)cc2)CC1. The number of nitrogens with zero attached hydrogens (tertiary/aromatic N) is 1. The Morgan fingerprint density at radius 2 is 1.85 bits per heavy atom. The van der Waals surface area contributed by atoms with Crippen molar-refractivity contribution in [3.63, 3.8) is 0 Å². The third kappa shape index (κ3) is 7.65. The van der Waals surface area contributed by atoms with E-state index in [1.807, 2.05) is 19.1 Å². The van der Waals surface area contributed by atoms with Crippen LogP contribution in [0.15, 0.2) is 48.5 Å². The van der Waals surface area contributed by atoms with E-state index >= 15 is 0 Å². The molecule has 6 nitrogen and oxygen atoms in total. The van der Waals surface area contributed by atoms with E-state index in [0.29, 0.717) is 30.1 Å². The number of carbonyl (C=O) groups excluding carboxylic acids is 2. The molecule has 1 fully saturated rings. The van der Waals surface area contributed by atoms with Gasteiger partial charge in [0.05, 0.1) is 12.1 Å². The Morgan fingerprint density at radius 1 is 1.15 bits per heavy atom. The van der Waals surface area contributed by atoms with E-state index in [4.69, 9.17) is 0 Å². The average molecular weight is 456 g/mol. The molecular formula is C26H34FN3O3. The van der Waals surface area contributed by atoms with Gasteiger partial charge in [-0.2, -0.15) is 0 Å². The van der Waals surface area contributed by atoms with Gasteiger partial charge in [0.2, 0.25) is 0 Å². The van der Waals surface area contributed by atoms with E-state index in [2.05, 4.69) is 15.5 Å². The number of nitrogens with one attached hydrogen (secondary N) is 2. The van der Waals surface area contributed by atoms with Crippen LogP contribution in [-0.4, -0.2) is 53.6 Å². The van der Waals surface area contributed by atoms with Gasteiger partial charge in [-0.25, -0.2) is 9.18 Å². The van der Waals surface area contributed by atoms with Gasteiger partial charge in [0.25, 0.3) is 0 Å². The van der Waals surface area contributed by atoms with E-state index in [0.717, 1.165) is 37.9 Å². The predicted octanol–water partition coefficient (Wildman–Crippen LogP) is 4.24. The fraction of sp³-hybridized carbons (Fsp3) is 0.462. The van der Waals surface area contributed by atoms with Crippen molar-refractivity contribution in [3.05, 3.63) is 65.5 Å². The van der Waals surface area contributed by atoms with Crippen molar-refractivity contribution in [2.45, 2.75) is 51.7 Å². The Morgan fingerprint density at radius 3 is 2.48 bits per heavy atom. The smallest absolute Gasteiger partial charge is 0.319 e. The summed E-state index contributed by atoms with van der Waals surface area (Å²) in [7, 11) is 0. The summed E-state index contributed by atoms with van der Waals surface area (Å²) in [5, 5.41) is 16.4. The highest BCUT2D eigenvalue weighted by molar-refractivity contribution is 5.96. The number of aliphatic hydroxyl groups excluding tert-OH is 1. The Labute approximate surface area is 195 Å². The predicted molar refractivity (Wildman–Crippen MR) is 128 cm³/mol. The number of hydrogen-bond acceptors (Lipinski definition) is 4. The van der Waals surface area contributed by atoms with Gasteiger partial charge in [0.15, 0.2) is 5.78 Å². The molecule has 1 aliphatic rings. The van der Waals surface area contributed by atoms with Gasteiger partial charge < -0.3 is 20.6 Å². The van der Waals surface area contributed by atoms with Gasteiger partial charge in [0, 0.05) is 17.8 Å². The standard InChI is InChI=1S/C26H34FN3O3/c1-3-24(29-26(33)28-23-6-4-5-21(16-23)18(2)31)25(32)17-30-13-11-20(12-14-30)15-19-7-9-22(27)10-8-19/h4-10,16,20,24-25,32H,3,11-15,17H2,1-2H3,(H2,28,29,33). The third-order valence-electron chi connectivity index (χ3n) is 6.34. The summed E-state index contributed by atoms with van der Waals surface area (Å²) in [4.78, 5) is 26.2. The highest BCUT2D eigenvalue weighted by Gasteiger charge is 2.25. The number of ketones is 1. The zero-order valence-corrected chi connectivity index (χ0v) is 19.4. The van der Waals surface area contributed by atoms with Crippen LogP contribution in [0.4, 0.5) is 14.9 Å². The van der Waals surface area contributed by atoms with Crippen LogP contribution < -0.4 is 10.6 Å². The van der Waals surface area contributed by atoms with Crippen LogP contribution in [0.3, 0.4) is 0 Å². The first-order valence-electron chi connectivity index (χ1n) is 11.7. The molecule has 178 valence electrons. The third-order valence-corrected chi connectivity index (χ3v) is 6.34. The molecule has 1 heterocycles. The second kappa shape index (κ2) is 11.9. The molecule has 2 amide bonds. The second-order valence-corrected chi connectivity index (χ2v) is 8.89. The van der Waals surface area contributed by atoms with Gasteiger partial charge in [-0.05, 0) is 81.4 Å². The number of piperidine rings is 1. The molecule has 0 aliphatic carbocycles. The number of anilines is 1. The van der Waals surface area contributed by atoms with Crippen LogP contribution in [0.1, 0.15) is 49.0 Å². The lowest BCUT2D eigenvalue weighted by Crippen LogP contribution is -2.50. The van der Waals surface area contributed by atoms with Crippen molar-refractivity contribution in [1.29, 1.82) is 0 Å². The monoisotopic (exact) mass is 455 g/mol. The molecule has 2 unspecified atom stereocenters. The van der Waals surface area contributed by atoms with Crippen molar-refractivity contribution in [3.8, 4) is 0 Å². The van der Waals surface area contributed by atoms with Crippen molar-refractivity contribution in [1.82, 2.24) is 10.2 Å². The number of carbonyl (C=O) groups is 2. The molecule has 7 heteroatoms. The molecule has 1 saturated heterocycles. The topological polar surface area (TPSA) is 81.7 Å². The molecule has 3 N–H and O–H groups in total. The quantitative estimate of drug-likeness (QED) is 0.494. The number of aliphatic hydroxyl groups is 1. The van der Waals surface area contributed by atoms with Gasteiger partial charge in [-0.3, -0.25) is 4.79 Å². The fourth-order valence-electron chi connectivity index (χ4n) is 4.34. The number of Topliss-reactive ketones (excluding diaryl/α,β-unsaturated/α-hetero) is 1. The molecule has 0 radical (unpaired) electrons. The number of urea groups is 1. The largest absolute Gasteiger partial charge is 0.390 e. The molecule has 2 aromatic carbocycles. The van der Waals surface area contributed by atoms with Gasteiger partial charge in [-0.1, -0.05) is 31.2 Å². The summed E-state index contributed by atoms with van der Waals surface area (Å²) in [6.45, 7) is 5.70. The van der Waals surface area contributed by atoms with Crippen LogP contribution in [0.2, 0.25) is 0 Å². The molecule has 3 rings (SSSR count). The number of benzene rings is 2. The number of rotatable bonds is 9. The lowest BCUT2D eigenvalue weighted by atomic mass is 9.90. The molecule has 1 aliphatic heterocycles. The number of hydrogen-bond donors (Lipinski definition) is 3. The minimum Gasteiger partial charge on any atom is -0.390 e. The van der Waals surface area contributed by atoms with Crippen LogP contribution in [0.5, 0.6) is 0 Å². The van der Waals surface area contributed by atoms with E-state index in [9.17, 15) is 19.1 Å². The fourth-order valence-corrected chi connectivity index (χ4v) is 4.34. The number of amides is 2. The number of likely N-dealkylation sites (tertiary alicyclic amines) is 1. The maximum absolute atomic E-state index is 13.1. The molecule has 0 bridgehead atoms. The van der Waals surface area contributed by atoms with E-state index in [1.165, 1.54) is 19.1 Å². The zero-order valence-electron chi connectivity index (χ0n) is 19.4. The summed E-state index contributed by atoms with van der Waals surface area (Å²) in [6, 6.07) is 12.7. The van der Waals surface area contributed by atoms with E-state index < -0.39 is 12.1 Å². The van der Waals surface area contributed by atoms with Crippen LogP contribution >= 0.6 is 0 Å². The molecular weight excluding hydrogens is 421 g/mol. The van der Waals surface area contributed by atoms with Gasteiger partial charge >= 0.3 is 6.03 Å². The molecule has 0 spiro atoms.